The predicted octanol–water partition coefficient (Wildman–Crippen LogP) is 13.1. The number of hydrogen-bond donors (Lipinski definition) is 0. The van der Waals surface area contributed by atoms with Crippen LogP contribution in [0.25, 0.3) is 99.7 Å². The van der Waals surface area contributed by atoms with E-state index >= 15 is 0 Å². The number of nitrogens with zero attached hydrogens (tertiary/aromatic N) is 4. The van der Waals surface area contributed by atoms with Crippen molar-refractivity contribution in [3.05, 3.63) is 193 Å². The third-order valence-electron chi connectivity index (χ3n) is 8.72. The fourth-order valence-corrected chi connectivity index (χ4v) is 6.43. The molecule has 0 unspecified atom stereocenters. The molecule has 11 aromatic rings. The Morgan fingerprint density at radius 3 is 1.62 bits per heavy atom. The first kappa shape index (κ1) is 13.2. The SMILES string of the molecule is [2H]c1c([2H])c([2H])c(-n2c3c([2H])c([2H])c([2H])c([2H])c3c3c4c5c([2H])c([2H])c([2H])c([2H])c5n(-c5c([2H])c([2H])c(-c6nc(-c7c([2H])c([2H])c(-c8c([2H])c([2H])c([2H])c(C)c8[2H])c([2H])c7[2H])c7c([2H])c([2H])c([2H])c([2H])c7n6)c([2H])c5[2H])c4c([2H])c([2H])c32)c([2H])c1[2H]. The van der Waals surface area contributed by atoms with E-state index in [9.17, 15) is 16.4 Å². The van der Waals surface area contributed by atoms with E-state index in [0.29, 0.717) is 4.57 Å². The highest BCUT2D eigenvalue weighted by Crippen LogP contribution is 2.42. The smallest absolute Gasteiger partial charge is 0.160 e. The molecule has 3 heterocycles. The second-order valence-electron chi connectivity index (χ2n) is 11.9. The van der Waals surface area contributed by atoms with Gasteiger partial charge in [0.2, 0.25) is 0 Å². The third-order valence-corrected chi connectivity index (χ3v) is 8.72. The molecule has 0 atom stereocenters. The van der Waals surface area contributed by atoms with Crippen molar-refractivity contribution in [2.24, 2.45) is 0 Å². The third kappa shape index (κ3) is 4.99. The van der Waals surface area contributed by atoms with E-state index in [1.54, 1.807) is 0 Å². The van der Waals surface area contributed by atoms with Gasteiger partial charge in [0, 0.05) is 49.4 Å². The van der Waals surface area contributed by atoms with Gasteiger partial charge in [-0.2, -0.15) is 0 Å². The Balaban J connectivity index is 1.29. The molecular formula is C51H34N4. The number of rotatable bonds is 5. The molecule has 0 bridgehead atoms. The quantitative estimate of drug-likeness (QED) is 0.177. The van der Waals surface area contributed by atoms with Crippen LogP contribution in [0.15, 0.2) is 187 Å². The van der Waals surface area contributed by atoms with Gasteiger partial charge in [-0.05, 0) is 84.5 Å². The average molecular weight is 734 g/mol. The van der Waals surface area contributed by atoms with Crippen LogP contribution in [-0.4, -0.2) is 19.1 Å². The molecule has 4 nitrogen and oxygen atoms in total. The molecule has 0 aliphatic heterocycles. The average Bonchev–Trinajstić information content (AvgIpc) is 1.50. The normalized spacial score (nSPS) is 19.6. The molecule has 0 fully saturated rings. The minimum Gasteiger partial charge on any atom is -0.309 e. The Bertz CT molecular complexity index is 4970. The number of hydrogen-bond acceptors (Lipinski definition) is 2. The first-order valence-corrected chi connectivity index (χ1v) is 16.2. The highest BCUT2D eigenvalue weighted by atomic mass is 15.0. The Kier molecular flexibility index (Phi) is 2.98. The summed E-state index contributed by atoms with van der Waals surface area (Å²) < 4.78 is 281. The van der Waals surface area contributed by atoms with Crippen molar-refractivity contribution < 1.29 is 42.5 Å². The van der Waals surface area contributed by atoms with Gasteiger partial charge >= 0.3 is 0 Å². The van der Waals surface area contributed by atoms with Gasteiger partial charge < -0.3 is 9.13 Å². The summed E-state index contributed by atoms with van der Waals surface area (Å²) in [5, 5.41) is -2.76. The lowest BCUT2D eigenvalue weighted by Gasteiger charge is -2.12. The van der Waals surface area contributed by atoms with Crippen LogP contribution < -0.4 is 0 Å². The Labute approximate surface area is 361 Å². The fourth-order valence-electron chi connectivity index (χ4n) is 6.43. The monoisotopic (exact) mass is 733 g/mol. The van der Waals surface area contributed by atoms with Gasteiger partial charge in [-0.1, -0.05) is 126 Å². The molecular weight excluding hydrogens is 669 g/mol. The topological polar surface area (TPSA) is 35.6 Å². The van der Waals surface area contributed by atoms with Crippen LogP contribution in [0.3, 0.4) is 0 Å². The van der Waals surface area contributed by atoms with Crippen LogP contribution in [0, 0.1) is 6.92 Å². The van der Waals surface area contributed by atoms with Gasteiger partial charge in [-0.25, -0.2) is 9.97 Å². The maximum absolute atomic E-state index is 9.75. The van der Waals surface area contributed by atoms with Crippen LogP contribution in [0.1, 0.15) is 48.1 Å². The minimum absolute atomic E-state index is 0.131. The first-order valence-electron chi connectivity index (χ1n) is 31.7. The maximum Gasteiger partial charge on any atom is 0.160 e. The zero-order valence-corrected chi connectivity index (χ0v) is 27.8. The van der Waals surface area contributed by atoms with Crippen LogP contribution in [-0.2, 0) is 0 Å². The fraction of sp³-hybridized carbons (Fsp3) is 0.0196. The van der Waals surface area contributed by atoms with E-state index in [2.05, 4.69) is 9.97 Å². The molecule has 8 aromatic carbocycles. The second kappa shape index (κ2) is 12.4. The van der Waals surface area contributed by atoms with Crippen molar-refractivity contribution >= 4 is 54.5 Å². The van der Waals surface area contributed by atoms with Gasteiger partial charge in [0.05, 0.1) is 75.8 Å². The van der Waals surface area contributed by atoms with Crippen molar-refractivity contribution in [2.45, 2.75) is 6.92 Å². The van der Waals surface area contributed by atoms with E-state index < -0.39 is 287 Å². The lowest BCUT2D eigenvalue weighted by atomic mass is 10.00. The Morgan fingerprint density at radius 2 is 0.945 bits per heavy atom. The molecule has 55 heavy (non-hydrogen) atoms. The molecule has 258 valence electrons. The molecule has 0 radical (unpaired) electrons. The molecule has 0 N–H and O–H groups in total. The van der Waals surface area contributed by atoms with E-state index in [0.717, 1.165) is 4.57 Å². The molecule has 0 saturated heterocycles. The van der Waals surface area contributed by atoms with Crippen molar-refractivity contribution in [3.63, 3.8) is 0 Å². The van der Waals surface area contributed by atoms with Crippen molar-refractivity contribution in [1.82, 2.24) is 19.1 Å². The van der Waals surface area contributed by atoms with Gasteiger partial charge in [0.25, 0.3) is 0 Å². The van der Waals surface area contributed by atoms with E-state index in [-0.39, 0.29) is 5.56 Å². The summed E-state index contributed by atoms with van der Waals surface area (Å²) in [6.45, 7) is 1.28. The van der Waals surface area contributed by atoms with Crippen molar-refractivity contribution in [1.29, 1.82) is 0 Å². The first-order chi connectivity index (χ1) is 40.1. The zero-order chi connectivity index (χ0) is 63.4. The minimum atomic E-state index is -1.12. The standard InChI is InChI=1S/C51H34N4/c1-33-12-11-13-37(32-33)34-22-24-35(25-23-34)50-40-16-5-8-19-43(40)52-51(53-50)36-26-28-39(29-27-36)55-45-21-10-7-18-42(45)49-47(55)31-30-46-48(49)41-17-6-9-20-44(41)54(46)38-14-3-2-4-15-38/h2-32H,1H3/i2D,3D,4D,5D,6D,7D,8D,9D,10D,11D,12D,13D,14D,15D,16D,17D,18D,19D,20D,21D,22D,23D,24D,25D,26D,27D,28D,29D,30D,31D,32D. The van der Waals surface area contributed by atoms with Gasteiger partial charge in [0.1, 0.15) is 0 Å². The Morgan fingerprint density at radius 1 is 0.400 bits per heavy atom. The number of benzene rings is 8. The van der Waals surface area contributed by atoms with Crippen molar-refractivity contribution in [2.75, 3.05) is 0 Å². The summed E-state index contributed by atoms with van der Waals surface area (Å²) in [5.74, 6) is -0.889. The summed E-state index contributed by atoms with van der Waals surface area (Å²) in [7, 11) is 0. The molecule has 0 aliphatic rings. The number of aromatic nitrogens is 4. The number of para-hydroxylation sites is 4. The molecule has 0 amide bonds. The zero-order valence-electron chi connectivity index (χ0n) is 58.8. The Hall–Kier alpha value is -7.30. The molecule has 0 saturated carbocycles. The summed E-state index contributed by atoms with van der Waals surface area (Å²) in [5.41, 5.74) is -8.71. The summed E-state index contributed by atoms with van der Waals surface area (Å²) >= 11 is 0. The van der Waals surface area contributed by atoms with Gasteiger partial charge in [-0.3, -0.25) is 0 Å². The molecule has 3 aromatic heterocycles. The second-order valence-corrected chi connectivity index (χ2v) is 11.9. The van der Waals surface area contributed by atoms with E-state index in [1.807, 2.05) is 0 Å². The van der Waals surface area contributed by atoms with Gasteiger partial charge in [-0.15, -0.1) is 0 Å². The van der Waals surface area contributed by atoms with E-state index in [1.165, 1.54) is 6.92 Å². The summed E-state index contributed by atoms with van der Waals surface area (Å²) in [6, 6.07) is -28.2. The van der Waals surface area contributed by atoms with Gasteiger partial charge in [0.15, 0.2) is 5.82 Å². The molecule has 11 rings (SSSR count). The number of fused-ring (bicyclic) bond motifs is 8. The molecule has 0 aliphatic carbocycles. The highest BCUT2D eigenvalue weighted by molar-refractivity contribution is 6.28. The summed E-state index contributed by atoms with van der Waals surface area (Å²) in [6.07, 6.45) is 0. The van der Waals surface area contributed by atoms with E-state index in [4.69, 9.17) is 26.0 Å². The maximum atomic E-state index is 9.75. The van der Waals surface area contributed by atoms with Crippen LogP contribution in [0.2, 0.25) is 0 Å². The van der Waals surface area contributed by atoms with Crippen LogP contribution >= 0.6 is 0 Å². The largest absolute Gasteiger partial charge is 0.309 e. The highest BCUT2D eigenvalue weighted by Gasteiger charge is 2.20. The lowest BCUT2D eigenvalue weighted by Crippen LogP contribution is -1.97. The van der Waals surface area contributed by atoms with Crippen LogP contribution in [0.5, 0.6) is 0 Å². The van der Waals surface area contributed by atoms with Crippen molar-refractivity contribution in [3.8, 4) is 45.1 Å². The lowest BCUT2D eigenvalue weighted by molar-refractivity contribution is 1.17. The molecule has 0 spiro atoms. The summed E-state index contributed by atoms with van der Waals surface area (Å²) in [4.78, 5) is 8.73. The predicted molar refractivity (Wildman–Crippen MR) is 229 cm³/mol. The van der Waals surface area contributed by atoms with Crippen LogP contribution in [0.4, 0.5) is 0 Å². The molecule has 4 heteroatoms.